The lowest BCUT2D eigenvalue weighted by Gasteiger charge is -2.19. The second-order valence-corrected chi connectivity index (χ2v) is 9.69. The van der Waals surface area contributed by atoms with Crippen molar-refractivity contribution in [3.8, 4) is 6.07 Å². The highest BCUT2D eigenvalue weighted by Gasteiger charge is 2.28. The van der Waals surface area contributed by atoms with E-state index in [1.807, 2.05) is 45.9 Å². The molecule has 0 spiro atoms. The van der Waals surface area contributed by atoms with Gasteiger partial charge in [-0.05, 0) is 70.0 Å². The summed E-state index contributed by atoms with van der Waals surface area (Å²) in [6.45, 7) is 8.14. The van der Waals surface area contributed by atoms with E-state index in [0.717, 1.165) is 28.9 Å². The average molecular weight is 394 g/mol. The molecule has 1 aliphatic rings. The fraction of sp³-hybridized carbons (Fsp3) is 0.318. The molecule has 2 aromatic rings. The van der Waals surface area contributed by atoms with Crippen molar-refractivity contribution >= 4 is 28.7 Å². The molecule has 144 valence electrons. The molecule has 0 fully saturated rings. The Morgan fingerprint density at radius 3 is 2.64 bits per heavy atom. The van der Waals surface area contributed by atoms with Crippen LogP contribution in [0.25, 0.3) is 0 Å². The Hall–Kier alpha value is -2.62. The number of anilines is 1. The van der Waals surface area contributed by atoms with E-state index in [9.17, 15) is 9.35 Å². The standard InChI is InChI=1S/C22H23N3O2S/c1-15(24-28(27)22(2,3)4)17-8-9-20-18(13-17)10-11-25(20)21(26)19-7-5-6-16(12-19)14-23/h5-9,12-13H,10-11H2,1-4H3/b24-15+/t28-/m1/s1. The molecule has 1 amide bonds. The molecule has 5 nitrogen and oxygen atoms in total. The molecule has 0 saturated heterocycles. The summed E-state index contributed by atoms with van der Waals surface area (Å²) in [5, 5.41) is 9.05. The molecule has 1 heterocycles. The number of fused-ring (bicyclic) bond motifs is 1. The summed E-state index contributed by atoms with van der Waals surface area (Å²) in [6, 6.07) is 14.7. The SMILES string of the molecule is C/C(=N\[S@+]([O-])C(C)(C)C)c1ccc2c(c1)CCN2C(=O)c1cccc(C#N)c1. The minimum absolute atomic E-state index is 0.108. The number of amides is 1. The van der Waals surface area contributed by atoms with Gasteiger partial charge in [-0.15, -0.1) is 0 Å². The number of nitrogens with zero attached hydrogens (tertiary/aromatic N) is 3. The Morgan fingerprint density at radius 1 is 1.21 bits per heavy atom. The van der Waals surface area contributed by atoms with Crippen LogP contribution in [-0.4, -0.2) is 27.5 Å². The Bertz CT molecular complexity index is 986. The Kier molecular flexibility index (Phi) is 5.59. The zero-order valence-electron chi connectivity index (χ0n) is 16.5. The lowest BCUT2D eigenvalue weighted by Crippen LogP contribution is -2.28. The Balaban J connectivity index is 1.86. The van der Waals surface area contributed by atoms with E-state index < -0.39 is 16.1 Å². The van der Waals surface area contributed by atoms with Gasteiger partial charge in [0.05, 0.1) is 17.3 Å². The van der Waals surface area contributed by atoms with Crippen LogP contribution in [0, 0.1) is 11.3 Å². The molecule has 2 aromatic carbocycles. The Morgan fingerprint density at radius 2 is 1.96 bits per heavy atom. The van der Waals surface area contributed by atoms with Crippen LogP contribution in [0.5, 0.6) is 0 Å². The van der Waals surface area contributed by atoms with Gasteiger partial charge < -0.3 is 9.45 Å². The molecule has 0 aliphatic carbocycles. The first kappa shape index (κ1) is 20.1. The first-order chi connectivity index (χ1) is 13.2. The number of carbonyl (C=O) groups is 1. The second-order valence-electron chi connectivity index (χ2n) is 7.78. The third-order valence-electron chi connectivity index (χ3n) is 4.62. The normalized spacial score (nSPS) is 15.1. The van der Waals surface area contributed by atoms with E-state index in [4.69, 9.17) is 5.26 Å². The van der Waals surface area contributed by atoms with Gasteiger partial charge >= 0.3 is 0 Å². The summed E-state index contributed by atoms with van der Waals surface area (Å²) in [4.78, 5) is 14.7. The number of benzene rings is 2. The molecule has 0 saturated carbocycles. The van der Waals surface area contributed by atoms with Crippen LogP contribution in [0.3, 0.4) is 0 Å². The molecular formula is C22H23N3O2S. The third kappa shape index (κ3) is 4.11. The molecule has 28 heavy (non-hydrogen) atoms. The fourth-order valence-electron chi connectivity index (χ4n) is 3.03. The summed E-state index contributed by atoms with van der Waals surface area (Å²) in [5.41, 5.74) is 4.56. The van der Waals surface area contributed by atoms with Crippen molar-refractivity contribution in [1.82, 2.24) is 0 Å². The van der Waals surface area contributed by atoms with Gasteiger partial charge in [-0.2, -0.15) is 5.26 Å². The van der Waals surface area contributed by atoms with Gasteiger partial charge in [0.2, 0.25) is 0 Å². The highest BCUT2D eigenvalue weighted by molar-refractivity contribution is 7.91. The van der Waals surface area contributed by atoms with Crippen LogP contribution in [0.2, 0.25) is 0 Å². The highest BCUT2D eigenvalue weighted by Crippen LogP contribution is 2.31. The molecule has 1 aliphatic heterocycles. The van der Waals surface area contributed by atoms with Crippen molar-refractivity contribution in [2.24, 2.45) is 4.40 Å². The summed E-state index contributed by atoms with van der Waals surface area (Å²) in [5.74, 6) is -0.108. The van der Waals surface area contributed by atoms with Gasteiger partial charge in [-0.25, -0.2) is 0 Å². The van der Waals surface area contributed by atoms with Crippen LogP contribution in [0.4, 0.5) is 5.69 Å². The van der Waals surface area contributed by atoms with Gasteiger partial charge in [-0.1, -0.05) is 16.5 Å². The van der Waals surface area contributed by atoms with Crippen LogP contribution in [0.1, 0.15) is 54.7 Å². The summed E-state index contributed by atoms with van der Waals surface area (Å²) >= 11 is -1.31. The molecular weight excluding hydrogens is 370 g/mol. The van der Waals surface area contributed by atoms with E-state index in [1.54, 1.807) is 29.2 Å². The molecule has 0 N–H and O–H groups in total. The maximum absolute atomic E-state index is 12.9. The molecule has 0 unspecified atom stereocenters. The second kappa shape index (κ2) is 7.78. The van der Waals surface area contributed by atoms with E-state index in [1.165, 1.54) is 0 Å². The van der Waals surface area contributed by atoms with E-state index >= 15 is 0 Å². The first-order valence-electron chi connectivity index (χ1n) is 9.13. The topological polar surface area (TPSA) is 79.5 Å². The Labute approximate surface area is 169 Å². The van der Waals surface area contributed by atoms with Crippen molar-refractivity contribution in [2.75, 3.05) is 11.4 Å². The van der Waals surface area contributed by atoms with Crippen molar-refractivity contribution in [3.05, 3.63) is 64.7 Å². The van der Waals surface area contributed by atoms with Crippen molar-refractivity contribution in [2.45, 2.75) is 38.9 Å². The minimum atomic E-state index is -1.31. The predicted molar refractivity (Wildman–Crippen MR) is 113 cm³/mol. The molecule has 0 aromatic heterocycles. The maximum Gasteiger partial charge on any atom is 0.258 e. The number of rotatable bonds is 3. The molecule has 0 bridgehead atoms. The zero-order valence-corrected chi connectivity index (χ0v) is 17.3. The lowest BCUT2D eigenvalue weighted by molar-refractivity contribution is 0.0989. The average Bonchev–Trinajstić information content (AvgIpc) is 3.09. The lowest BCUT2D eigenvalue weighted by atomic mass is 10.1. The molecule has 3 rings (SSSR count). The van der Waals surface area contributed by atoms with Crippen LogP contribution in [-0.2, 0) is 17.8 Å². The maximum atomic E-state index is 12.9. The van der Waals surface area contributed by atoms with Crippen molar-refractivity contribution in [1.29, 1.82) is 5.26 Å². The first-order valence-corrected chi connectivity index (χ1v) is 10.2. The molecule has 0 radical (unpaired) electrons. The summed E-state index contributed by atoms with van der Waals surface area (Å²) in [7, 11) is 0. The quantitative estimate of drug-likeness (QED) is 0.583. The smallest absolute Gasteiger partial charge is 0.258 e. The molecule has 1 atom stereocenters. The number of nitriles is 1. The van der Waals surface area contributed by atoms with Crippen molar-refractivity contribution in [3.63, 3.8) is 0 Å². The van der Waals surface area contributed by atoms with E-state index in [0.29, 0.717) is 17.7 Å². The van der Waals surface area contributed by atoms with Crippen LogP contribution >= 0.6 is 0 Å². The van der Waals surface area contributed by atoms with Crippen molar-refractivity contribution < 1.29 is 9.35 Å². The zero-order chi connectivity index (χ0) is 20.5. The van der Waals surface area contributed by atoms with Gasteiger partial charge in [-0.3, -0.25) is 4.79 Å². The van der Waals surface area contributed by atoms with Gasteiger partial charge in [0, 0.05) is 23.4 Å². The fourth-order valence-corrected chi connectivity index (χ4v) is 3.66. The third-order valence-corrected chi connectivity index (χ3v) is 6.11. The number of hydrogen-bond donors (Lipinski definition) is 0. The van der Waals surface area contributed by atoms with Gasteiger partial charge in [0.15, 0.2) is 0 Å². The number of hydrogen-bond acceptors (Lipinski definition) is 4. The summed E-state index contributed by atoms with van der Waals surface area (Å²) < 4.78 is 16.2. The minimum Gasteiger partial charge on any atom is -0.591 e. The van der Waals surface area contributed by atoms with Gasteiger partial charge in [0.1, 0.15) is 16.1 Å². The highest BCUT2D eigenvalue weighted by atomic mass is 32.2. The number of carbonyl (C=O) groups excluding carboxylic acids is 1. The van der Waals surface area contributed by atoms with E-state index in [2.05, 4.69) is 10.5 Å². The van der Waals surface area contributed by atoms with Crippen LogP contribution in [0.15, 0.2) is 46.9 Å². The van der Waals surface area contributed by atoms with Gasteiger partial charge in [0.25, 0.3) is 5.91 Å². The largest absolute Gasteiger partial charge is 0.591 e. The molecule has 6 heteroatoms. The predicted octanol–water partition coefficient (Wildman–Crippen LogP) is 4.03. The monoisotopic (exact) mass is 393 g/mol. The summed E-state index contributed by atoms with van der Waals surface area (Å²) in [6.07, 6.45) is 0.752. The van der Waals surface area contributed by atoms with E-state index in [-0.39, 0.29) is 5.91 Å². The van der Waals surface area contributed by atoms with Crippen LogP contribution < -0.4 is 4.90 Å².